The van der Waals surface area contributed by atoms with Crippen LogP contribution < -0.4 is 20.1 Å². The molecule has 0 aliphatic heterocycles. The Morgan fingerprint density at radius 3 is 2.12 bits per heavy atom. The van der Waals surface area contributed by atoms with Crippen LogP contribution in [0, 0.1) is 0 Å². The third-order valence-electron chi connectivity index (χ3n) is 4.17. The average molecular weight is 534 g/mol. The molecule has 3 aromatic carbocycles. The number of hydrogen-bond acceptors (Lipinski definition) is 5. The monoisotopic (exact) mass is 533 g/mol. The molecule has 0 saturated carbocycles. The zero-order valence-electron chi connectivity index (χ0n) is 17.0. The molecule has 0 heterocycles. The van der Waals surface area contributed by atoms with Gasteiger partial charge in [-0.1, -0.05) is 15.9 Å². The van der Waals surface area contributed by atoms with Crippen LogP contribution in [0.4, 0.5) is 11.4 Å². The van der Waals surface area contributed by atoms with Crippen molar-refractivity contribution in [1.82, 2.24) is 5.32 Å². The highest BCUT2D eigenvalue weighted by Crippen LogP contribution is 2.21. The highest BCUT2D eigenvalue weighted by atomic mass is 79.9. The van der Waals surface area contributed by atoms with E-state index >= 15 is 0 Å². The van der Waals surface area contributed by atoms with E-state index < -0.39 is 10.0 Å². The van der Waals surface area contributed by atoms with Gasteiger partial charge in [-0.3, -0.25) is 14.8 Å². The maximum atomic E-state index is 12.6. The number of amides is 1. The molecule has 0 fully saturated rings. The molecule has 7 nitrogen and oxygen atoms in total. The molecule has 0 spiro atoms. The summed E-state index contributed by atoms with van der Waals surface area (Å²) in [6.07, 6.45) is 0. The van der Waals surface area contributed by atoms with Crippen molar-refractivity contribution in [2.75, 3.05) is 16.6 Å². The fourth-order valence-electron chi connectivity index (χ4n) is 2.66. The second-order valence-electron chi connectivity index (χ2n) is 6.50. The molecule has 0 aliphatic carbocycles. The van der Waals surface area contributed by atoms with E-state index in [0.717, 1.165) is 4.47 Å². The molecule has 0 atom stereocenters. The molecule has 0 bridgehead atoms. The lowest BCUT2D eigenvalue weighted by Gasteiger charge is -2.12. The molecular formula is C22H20BrN3O4S2. The van der Waals surface area contributed by atoms with Crippen LogP contribution in [-0.2, 0) is 10.0 Å². The predicted molar refractivity (Wildman–Crippen MR) is 133 cm³/mol. The number of halogens is 1. The Morgan fingerprint density at radius 2 is 1.53 bits per heavy atom. The summed E-state index contributed by atoms with van der Waals surface area (Å²) in [4.78, 5) is 12.3. The van der Waals surface area contributed by atoms with Gasteiger partial charge in [0.1, 0.15) is 5.75 Å². The minimum Gasteiger partial charge on any atom is -0.494 e. The van der Waals surface area contributed by atoms with Gasteiger partial charge in [0, 0.05) is 21.4 Å². The second-order valence-corrected chi connectivity index (χ2v) is 9.51. The number of anilines is 2. The molecule has 166 valence electrons. The third-order valence-corrected chi connectivity index (χ3v) is 6.30. The van der Waals surface area contributed by atoms with Crippen LogP contribution in [0.25, 0.3) is 0 Å². The SMILES string of the molecule is CCOc1ccc(NS(=O)(=O)c2ccc(NC(=S)NC(=O)c3ccc(Br)cc3)cc2)cc1. The molecule has 0 unspecified atom stereocenters. The molecule has 3 aromatic rings. The lowest BCUT2D eigenvalue weighted by atomic mass is 10.2. The van der Waals surface area contributed by atoms with Gasteiger partial charge in [0.15, 0.2) is 5.11 Å². The lowest BCUT2D eigenvalue weighted by molar-refractivity contribution is 0.0977. The van der Waals surface area contributed by atoms with E-state index in [1.54, 1.807) is 60.7 Å². The van der Waals surface area contributed by atoms with Crippen LogP contribution in [-0.4, -0.2) is 26.0 Å². The second kappa shape index (κ2) is 10.6. The normalized spacial score (nSPS) is 10.8. The van der Waals surface area contributed by atoms with Crippen LogP contribution in [0.1, 0.15) is 17.3 Å². The van der Waals surface area contributed by atoms with Crippen molar-refractivity contribution < 1.29 is 17.9 Å². The number of nitrogens with one attached hydrogen (secondary N) is 3. The molecule has 10 heteroatoms. The minimum atomic E-state index is -3.77. The van der Waals surface area contributed by atoms with Crippen molar-refractivity contribution in [3.63, 3.8) is 0 Å². The molecule has 3 N–H and O–H groups in total. The van der Waals surface area contributed by atoms with Crippen LogP contribution >= 0.6 is 28.1 Å². The molecular weight excluding hydrogens is 514 g/mol. The number of ether oxygens (including phenoxy) is 1. The Morgan fingerprint density at radius 1 is 0.938 bits per heavy atom. The summed E-state index contributed by atoms with van der Waals surface area (Å²) in [7, 11) is -3.77. The van der Waals surface area contributed by atoms with Gasteiger partial charge in [0.25, 0.3) is 15.9 Å². The molecule has 0 aliphatic rings. The number of rotatable bonds is 7. The van der Waals surface area contributed by atoms with E-state index in [1.165, 1.54) is 12.1 Å². The summed E-state index contributed by atoms with van der Waals surface area (Å²) < 4.78 is 34.0. The largest absolute Gasteiger partial charge is 0.494 e. The summed E-state index contributed by atoms with van der Waals surface area (Å²) in [5.41, 5.74) is 1.41. The number of carbonyl (C=O) groups is 1. The number of sulfonamides is 1. The van der Waals surface area contributed by atoms with Gasteiger partial charge >= 0.3 is 0 Å². The highest BCUT2D eigenvalue weighted by molar-refractivity contribution is 9.10. The average Bonchev–Trinajstić information content (AvgIpc) is 2.76. The fourth-order valence-corrected chi connectivity index (χ4v) is 4.19. The van der Waals surface area contributed by atoms with Gasteiger partial charge in [-0.05, 0) is 91.9 Å². The van der Waals surface area contributed by atoms with Gasteiger partial charge in [-0.2, -0.15) is 0 Å². The van der Waals surface area contributed by atoms with Crippen molar-refractivity contribution in [2.24, 2.45) is 0 Å². The van der Waals surface area contributed by atoms with E-state index in [9.17, 15) is 13.2 Å². The fraction of sp³-hybridized carbons (Fsp3) is 0.0909. The topological polar surface area (TPSA) is 96.5 Å². The number of carbonyl (C=O) groups excluding carboxylic acids is 1. The summed E-state index contributed by atoms with van der Waals surface area (Å²) in [6.45, 7) is 2.40. The van der Waals surface area contributed by atoms with Crippen LogP contribution in [0.15, 0.2) is 82.2 Å². The first kappa shape index (κ1) is 23.7. The smallest absolute Gasteiger partial charge is 0.261 e. The van der Waals surface area contributed by atoms with Gasteiger partial charge in [0.05, 0.1) is 11.5 Å². The Kier molecular flexibility index (Phi) is 7.84. The van der Waals surface area contributed by atoms with Gasteiger partial charge in [-0.15, -0.1) is 0 Å². The van der Waals surface area contributed by atoms with Gasteiger partial charge in [0.2, 0.25) is 0 Å². The van der Waals surface area contributed by atoms with Crippen LogP contribution in [0.5, 0.6) is 5.75 Å². The molecule has 0 radical (unpaired) electrons. The summed E-state index contributed by atoms with van der Waals surface area (Å²) in [6, 6.07) is 19.5. The number of thiocarbonyl (C=S) groups is 1. The first-order valence-electron chi connectivity index (χ1n) is 9.50. The molecule has 1 amide bonds. The van der Waals surface area contributed by atoms with Crippen molar-refractivity contribution >= 4 is 60.6 Å². The minimum absolute atomic E-state index is 0.0850. The van der Waals surface area contributed by atoms with E-state index in [-0.39, 0.29) is 15.9 Å². The molecule has 32 heavy (non-hydrogen) atoms. The molecule has 0 aromatic heterocycles. The van der Waals surface area contributed by atoms with Gasteiger partial charge < -0.3 is 10.1 Å². The van der Waals surface area contributed by atoms with Crippen LogP contribution in [0.2, 0.25) is 0 Å². The maximum absolute atomic E-state index is 12.6. The zero-order chi connectivity index (χ0) is 23.1. The first-order valence-corrected chi connectivity index (χ1v) is 12.2. The van der Waals surface area contributed by atoms with Crippen molar-refractivity contribution in [3.8, 4) is 5.75 Å². The Bertz CT molecular complexity index is 1200. The van der Waals surface area contributed by atoms with Crippen LogP contribution in [0.3, 0.4) is 0 Å². The summed E-state index contributed by atoms with van der Waals surface area (Å²) in [5.74, 6) is 0.308. The van der Waals surface area contributed by atoms with Crippen molar-refractivity contribution in [2.45, 2.75) is 11.8 Å². The summed E-state index contributed by atoms with van der Waals surface area (Å²) >= 11 is 8.48. The highest BCUT2D eigenvalue weighted by Gasteiger charge is 2.15. The maximum Gasteiger partial charge on any atom is 0.261 e. The standard InChI is InChI=1S/C22H20BrN3O4S2/c1-2-30-19-11-7-18(8-12-19)26-32(28,29)20-13-9-17(10-14-20)24-22(31)25-21(27)15-3-5-16(23)6-4-15/h3-14,26H,2H2,1H3,(H2,24,25,27,31). The lowest BCUT2D eigenvalue weighted by Crippen LogP contribution is -2.34. The number of hydrogen-bond donors (Lipinski definition) is 3. The quantitative estimate of drug-likeness (QED) is 0.378. The molecule has 3 rings (SSSR count). The zero-order valence-corrected chi connectivity index (χ0v) is 20.2. The Labute approximate surface area is 200 Å². The van der Waals surface area contributed by atoms with Gasteiger partial charge in [-0.25, -0.2) is 8.42 Å². The number of benzene rings is 3. The summed E-state index contributed by atoms with van der Waals surface area (Å²) in [5, 5.41) is 5.54. The third kappa shape index (κ3) is 6.52. The van der Waals surface area contributed by atoms with E-state index in [2.05, 4.69) is 31.3 Å². The Hall–Kier alpha value is -2.95. The predicted octanol–water partition coefficient (Wildman–Crippen LogP) is 4.78. The van der Waals surface area contributed by atoms with E-state index in [0.29, 0.717) is 29.3 Å². The van der Waals surface area contributed by atoms with Crippen molar-refractivity contribution in [3.05, 3.63) is 82.8 Å². The van der Waals surface area contributed by atoms with Crippen molar-refractivity contribution in [1.29, 1.82) is 0 Å². The van der Waals surface area contributed by atoms with E-state index in [1.807, 2.05) is 6.92 Å². The first-order chi connectivity index (χ1) is 15.3. The van der Waals surface area contributed by atoms with E-state index in [4.69, 9.17) is 17.0 Å². The Balaban J connectivity index is 1.60. The molecule has 0 saturated heterocycles.